The largest absolute Gasteiger partial charge is 0.489 e. The molecule has 144 valence electrons. The highest BCUT2D eigenvalue weighted by atomic mass is 127. The number of nitrogens with zero attached hydrogens (tertiary/aromatic N) is 2. The summed E-state index contributed by atoms with van der Waals surface area (Å²) in [6.45, 7) is 5.32. The van der Waals surface area contributed by atoms with Crippen LogP contribution in [0.15, 0.2) is 34.6 Å². The summed E-state index contributed by atoms with van der Waals surface area (Å²) in [4.78, 5) is 8.74. The first-order valence-electron chi connectivity index (χ1n) is 8.44. The van der Waals surface area contributed by atoms with Gasteiger partial charge in [0.25, 0.3) is 0 Å². The van der Waals surface area contributed by atoms with Crippen molar-refractivity contribution in [1.82, 2.24) is 15.6 Å². The molecule has 2 N–H and O–H groups in total. The maximum Gasteiger partial charge on any atom is 0.191 e. The highest BCUT2D eigenvalue weighted by Gasteiger charge is 2.10. The Labute approximate surface area is 175 Å². The second-order valence-electron chi connectivity index (χ2n) is 5.50. The number of aromatic nitrogens is 1. The van der Waals surface area contributed by atoms with E-state index in [0.29, 0.717) is 24.8 Å². The predicted octanol–water partition coefficient (Wildman–Crippen LogP) is 3.99. The molecule has 8 heteroatoms. The van der Waals surface area contributed by atoms with Crippen molar-refractivity contribution in [2.45, 2.75) is 39.3 Å². The fourth-order valence-electron chi connectivity index (χ4n) is 2.20. The monoisotopic (exact) mass is 492 g/mol. The number of halogens is 2. The van der Waals surface area contributed by atoms with Crippen molar-refractivity contribution < 1.29 is 9.13 Å². The summed E-state index contributed by atoms with van der Waals surface area (Å²) in [5, 5.41) is 9.68. The van der Waals surface area contributed by atoms with Gasteiger partial charge in [-0.2, -0.15) is 0 Å². The summed E-state index contributed by atoms with van der Waals surface area (Å²) < 4.78 is 19.1. The molecule has 0 amide bonds. The number of thiazole rings is 1. The van der Waals surface area contributed by atoms with Crippen LogP contribution in [0.4, 0.5) is 4.39 Å². The molecule has 26 heavy (non-hydrogen) atoms. The van der Waals surface area contributed by atoms with Crippen LogP contribution >= 0.6 is 35.3 Å². The molecule has 0 fully saturated rings. The first-order valence-corrected chi connectivity index (χ1v) is 9.32. The molecule has 0 saturated carbocycles. The Balaban J connectivity index is 0.00000338. The van der Waals surface area contributed by atoms with Gasteiger partial charge in [0, 0.05) is 18.5 Å². The van der Waals surface area contributed by atoms with Gasteiger partial charge < -0.3 is 15.4 Å². The van der Waals surface area contributed by atoms with E-state index in [4.69, 9.17) is 4.74 Å². The number of hydrogen-bond donors (Lipinski definition) is 2. The lowest BCUT2D eigenvalue weighted by Gasteiger charge is -2.19. The summed E-state index contributed by atoms with van der Waals surface area (Å²) in [7, 11) is 1.72. The standard InChI is InChI=1S/C18H25FN4OS.HI/c1-4-15(24-16-8-6-7-13(19)9-16)11-22-18(20-3)21-10-14-12-25-17(5-2)23-14;/h6-9,12,15H,4-5,10-11H2,1-3H3,(H2,20,21,22);1H. The van der Waals surface area contributed by atoms with Crippen molar-refractivity contribution in [3.8, 4) is 5.75 Å². The molecule has 1 unspecified atom stereocenters. The molecule has 1 aromatic heterocycles. The first-order chi connectivity index (χ1) is 12.1. The van der Waals surface area contributed by atoms with Crippen molar-refractivity contribution in [2.24, 2.45) is 4.99 Å². The average molecular weight is 492 g/mol. The smallest absolute Gasteiger partial charge is 0.191 e. The van der Waals surface area contributed by atoms with Crippen LogP contribution < -0.4 is 15.4 Å². The zero-order valence-electron chi connectivity index (χ0n) is 15.3. The van der Waals surface area contributed by atoms with Crippen molar-refractivity contribution >= 4 is 41.3 Å². The van der Waals surface area contributed by atoms with Crippen LogP contribution in [0.3, 0.4) is 0 Å². The van der Waals surface area contributed by atoms with E-state index in [2.05, 4.69) is 32.9 Å². The van der Waals surface area contributed by atoms with E-state index in [1.165, 1.54) is 12.1 Å². The van der Waals surface area contributed by atoms with Gasteiger partial charge in [0.2, 0.25) is 0 Å². The van der Waals surface area contributed by atoms with Gasteiger partial charge in [-0.15, -0.1) is 35.3 Å². The highest BCUT2D eigenvalue weighted by molar-refractivity contribution is 14.0. The minimum absolute atomic E-state index is 0. The molecule has 0 bridgehead atoms. The van der Waals surface area contributed by atoms with Gasteiger partial charge in [-0.05, 0) is 25.0 Å². The third-order valence-corrected chi connectivity index (χ3v) is 4.66. The summed E-state index contributed by atoms with van der Waals surface area (Å²) >= 11 is 1.67. The van der Waals surface area contributed by atoms with Crippen LogP contribution in [0, 0.1) is 5.82 Å². The first kappa shape index (κ1) is 22.6. The molecule has 1 atom stereocenters. The number of aliphatic imine (C=N–C) groups is 1. The molecule has 0 radical (unpaired) electrons. The van der Waals surface area contributed by atoms with Crippen molar-refractivity contribution in [3.63, 3.8) is 0 Å². The third kappa shape index (κ3) is 7.45. The van der Waals surface area contributed by atoms with Gasteiger partial charge in [0.05, 0.1) is 23.8 Å². The van der Waals surface area contributed by atoms with E-state index < -0.39 is 0 Å². The van der Waals surface area contributed by atoms with Crippen molar-refractivity contribution in [1.29, 1.82) is 0 Å². The SMILES string of the molecule is CCc1nc(CNC(=NC)NCC(CC)Oc2cccc(F)c2)cs1.I. The Bertz CT molecular complexity index is 695. The van der Waals surface area contributed by atoms with E-state index in [0.717, 1.165) is 23.5 Å². The summed E-state index contributed by atoms with van der Waals surface area (Å²) in [6, 6.07) is 6.19. The Morgan fingerprint density at radius 3 is 2.77 bits per heavy atom. The molecule has 0 aliphatic carbocycles. The quantitative estimate of drug-likeness (QED) is 0.333. The van der Waals surface area contributed by atoms with Gasteiger partial charge in [-0.25, -0.2) is 9.37 Å². The van der Waals surface area contributed by atoms with Crippen molar-refractivity contribution in [3.05, 3.63) is 46.2 Å². The van der Waals surface area contributed by atoms with Crippen LogP contribution in [0.25, 0.3) is 0 Å². The molecular formula is C18H26FIN4OS. The van der Waals surface area contributed by atoms with E-state index >= 15 is 0 Å². The molecule has 0 spiro atoms. The normalized spacial score (nSPS) is 12.2. The summed E-state index contributed by atoms with van der Waals surface area (Å²) in [6.07, 6.45) is 1.67. The topological polar surface area (TPSA) is 58.5 Å². The summed E-state index contributed by atoms with van der Waals surface area (Å²) in [5.74, 6) is 0.922. The number of guanidine groups is 1. The second kappa shape index (κ2) is 12.1. The average Bonchev–Trinajstić information content (AvgIpc) is 3.09. The van der Waals surface area contributed by atoms with Gasteiger partial charge in [-0.3, -0.25) is 4.99 Å². The molecule has 5 nitrogen and oxygen atoms in total. The fourth-order valence-corrected chi connectivity index (χ4v) is 2.94. The predicted molar refractivity (Wildman–Crippen MR) is 116 cm³/mol. The fraction of sp³-hybridized carbons (Fsp3) is 0.444. The number of nitrogens with one attached hydrogen (secondary N) is 2. The van der Waals surface area contributed by atoms with Crippen LogP contribution in [0.5, 0.6) is 5.75 Å². The number of aryl methyl sites for hydroxylation is 1. The van der Waals surface area contributed by atoms with Crippen LogP contribution in [0.2, 0.25) is 0 Å². The van der Waals surface area contributed by atoms with E-state index in [1.807, 2.05) is 6.92 Å². The van der Waals surface area contributed by atoms with Gasteiger partial charge >= 0.3 is 0 Å². The third-order valence-electron chi connectivity index (χ3n) is 3.61. The van der Waals surface area contributed by atoms with E-state index in [-0.39, 0.29) is 35.9 Å². The van der Waals surface area contributed by atoms with Gasteiger partial charge in [0.1, 0.15) is 17.7 Å². The Morgan fingerprint density at radius 1 is 1.35 bits per heavy atom. The molecule has 1 heterocycles. The number of hydrogen-bond acceptors (Lipinski definition) is 4. The lowest BCUT2D eigenvalue weighted by Crippen LogP contribution is -2.42. The number of ether oxygens (including phenoxy) is 1. The molecule has 0 aliphatic rings. The van der Waals surface area contributed by atoms with Crippen LogP contribution in [0.1, 0.15) is 31.0 Å². The Morgan fingerprint density at radius 2 is 2.15 bits per heavy atom. The number of rotatable bonds is 8. The minimum atomic E-state index is -0.299. The zero-order valence-corrected chi connectivity index (χ0v) is 18.4. The molecular weight excluding hydrogens is 466 g/mol. The molecule has 1 aromatic carbocycles. The molecule has 2 rings (SSSR count). The van der Waals surface area contributed by atoms with Crippen LogP contribution in [-0.4, -0.2) is 30.6 Å². The number of benzene rings is 1. The van der Waals surface area contributed by atoms with Gasteiger partial charge in [-0.1, -0.05) is 19.9 Å². The second-order valence-corrected chi connectivity index (χ2v) is 6.44. The lowest BCUT2D eigenvalue weighted by molar-refractivity contribution is 0.198. The highest BCUT2D eigenvalue weighted by Crippen LogP contribution is 2.14. The molecule has 0 aliphatic heterocycles. The summed E-state index contributed by atoms with van der Waals surface area (Å²) in [5.41, 5.74) is 1.01. The minimum Gasteiger partial charge on any atom is -0.489 e. The van der Waals surface area contributed by atoms with E-state index in [1.54, 1.807) is 30.5 Å². The Kier molecular flexibility index (Phi) is 10.5. The molecule has 0 saturated heterocycles. The molecule has 2 aromatic rings. The Hall–Kier alpha value is -1.42. The van der Waals surface area contributed by atoms with Gasteiger partial charge in [0.15, 0.2) is 5.96 Å². The lowest BCUT2D eigenvalue weighted by atomic mass is 10.2. The van der Waals surface area contributed by atoms with Crippen molar-refractivity contribution in [2.75, 3.05) is 13.6 Å². The zero-order chi connectivity index (χ0) is 18.1. The maximum atomic E-state index is 13.2. The van der Waals surface area contributed by atoms with Crippen LogP contribution in [-0.2, 0) is 13.0 Å². The maximum absolute atomic E-state index is 13.2. The van der Waals surface area contributed by atoms with E-state index in [9.17, 15) is 4.39 Å².